The first kappa shape index (κ1) is 13.3. The average Bonchev–Trinajstić information content (AvgIpc) is 2.10. The number of alkyl halides is 4. The monoisotopic (exact) mass is 213 g/mol. The number of halogens is 4. The maximum atomic E-state index is 12.5. The second-order valence-corrected chi connectivity index (χ2v) is 3.52. The Hall–Kier alpha value is -0.740. The average molecular weight is 213 g/mol. The summed E-state index contributed by atoms with van der Waals surface area (Å²) in [5, 5.41) is 2.63. The fourth-order valence-electron chi connectivity index (χ4n) is 0.907. The van der Waals surface area contributed by atoms with Crippen molar-refractivity contribution in [1.82, 2.24) is 5.32 Å². The van der Waals surface area contributed by atoms with Crippen molar-refractivity contribution in [1.29, 1.82) is 0 Å². The van der Waals surface area contributed by atoms with Gasteiger partial charge >= 0.3 is 6.18 Å². The van der Waals surface area contributed by atoms with E-state index in [4.69, 9.17) is 0 Å². The molecule has 0 aliphatic heterocycles. The summed E-state index contributed by atoms with van der Waals surface area (Å²) in [5.41, 5.74) is -1.03. The fourth-order valence-corrected chi connectivity index (χ4v) is 0.907. The SMILES string of the molecule is CN/C=C\C(C)(CF)CCC(F)(F)F. The summed E-state index contributed by atoms with van der Waals surface area (Å²) in [6.07, 6.45) is -2.52. The van der Waals surface area contributed by atoms with E-state index in [-0.39, 0.29) is 6.42 Å². The lowest BCUT2D eigenvalue weighted by Crippen LogP contribution is -2.21. The number of allylic oxidation sites excluding steroid dienone is 1. The molecule has 0 spiro atoms. The van der Waals surface area contributed by atoms with E-state index in [2.05, 4.69) is 5.32 Å². The van der Waals surface area contributed by atoms with Crippen molar-refractivity contribution in [3.8, 4) is 0 Å². The van der Waals surface area contributed by atoms with Crippen LogP contribution in [-0.4, -0.2) is 19.9 Å². The molecule has 0 aromatic carbocycles. The van der Waals surface area contributed by atoms with Gasteiger partial charge in [-0.3, -0.25) is 4.39 Å². The van der Waals surface area contributed by atoms with Gasteiger partial charge in [0.25, 0.3) is 0 Å². The van der Waals surface area contributed by atoms with Crippen molar-refractivity contribution in [2.75, 3.05) is 13.7 Å². The third kappa shape index (κ3) is 5.83. The van der Waals surface area contributed by atoms with Crippen molar-refractivity contribution in [2.45, 2.75) is 25.9 Å². The van der Waals surface area contributed by atoms with Gasteiger partial charge in [0.15, 0.2) is 0 Å². The Morgan fingerprint density at radius 3 is 2.14 bits per heavy atom. The van der Waals surface area contributed by atoms with Crippen molar-refractivity contribution in [2.24, 2.45) is 5.41 Å². The Bertz CT molecular complexity index is 188. The van der Waals surface area contributed by atoms with Crippen LogP contribution in [-0.2, 0) is 0 Å². The molecular formula is C9H15F4N. The molecule has 0 amide bonds. The molecule has 0 saturated carbocycles. The minimum Gasteiger partial charge on any atom is -0.394 e. The number of hydrogen-bond acceptors (Lipinski definition) is 1. The van der Waals surface area contributed by atoms with Crippen LogP contribution in [0.15, 0.2) is 12.3 Å². The molecule has 84 valence electrons. The molecule has 0 aliphatic carbocycles. The first-order chi connectivity index (χ1) is 6.33. The molecule has 0 aliphatic rings. The second-order valence-electron chi connectivity index (χ2n) is 3.52. The Morgan fingerprint density at radius 2 is 1.79 bits per heavy atom. The van der Waals surface area contributed by atoms with E-state index in [1.165, 1.54) is 19.2 Å². The van der Waals surface area contributed by atoms with Crippen molar-refractivity contribution >= 4 is 0 Å². The van der Waals surface area contributed by atoms with Crippen molar-refractivity contribution < 1.29 is 17.6 Å². The van der Waals surface area contributed by atoms with E-state index in [0.717, 1.165) is 0 Å². The van der Waals surface area contributed by atoms with Crippen LogP contribution in [0.4, 0.5) is 17.6 Å². The summed E-state index contributed by atoms with van der Waals surface area (Å²) in [6, 6.07) is 0. The van der Waals surface area contributed by atoms with Gasteiger partial charge in [-0.25, -0.2) is 0 Å². The summed E-state index contributed by atoms with van der Waals surface area (Å²) < 4.78 is 48.1. The predicted molar refractivity (Wildman–Crippen MR) is 47.6 cm³/mol. The summed E-state index contributed by atoms with van der Waals surface area (Å²) in [7, 11) is 1.61. The van der Waals surface area contributed by atoms with E-state index in [1.54, 1.807) is 7.05 Å². The molecule has 14 heavy (non-hydrogen) atoms. The molecule has 1 unspecified atom stereocenters. The molecule has 1 nitrogen and oxygen atoms in total. The standard InChI is InChI=1S/C9H15F4N/c1-8(7-10,5-6-14-2)3-4-9(11,12)13/h5-6,14H,3-4,7H2,1-2H3/b6-5-. The van der Waals surface area contributed by atoms with Crippen LogP contribution in [0.2, 0.25) is 0 Å². The second kappa shape index (κ2) is 5.22. The third-order valence-electron chi connectivity index (χ3n) is 1.94. The van der Waals surface area contributed by atoms with Gasteiger partial charge in [-0.05, 0) is 12.6 Å². The Balaban J connectivity index is 4.19. The fraction of sp³-hybridized carbons (Fsp3) is 0.778. The molecule has 0 aromatic heterocycles. The van der Waals surface area contributed by atoms with Crippen molar-refractivity contribution in [3.05, 3.63) is 12.3 Å². The third-order valence-corrected chi connectivity index (χ3v) is 1.94. The van der Waals surface area contributed by atoms with Gasteiger partial charge in [0.1, 0.15) is 0 Å². The lowest BCUT2D eigenvalue weighted by Gasteiger charge is -2.22. The molecule has 0 fully saturated rings. The van der Waals surface area contributed by atoms with Gasteiger partial charge < -0.3 is 5.32 Å². The van der Waals surface area contributed by atoms with E-state index in [0.29, 0.717) is 0 Å². The van der Waals surface area contributed by atoms with E-state index in [9.17, 15) is 17.6 Å². The molecule has 5 heteroatoms. The molecule has 0 rings (SSSR count). The highest BCUT2D eigenvalue weighted by Crippen LogP contribution is 2.32. The van der Waals surface area contributed by atoms with Crippen LogP contribution in [0.25, 0.3) is 0 Å². The minimum absolute atomic E-state index is 0.231. The number of hydrogen-bond donors (Lipinski definition) is 1. The topological polar surface area (TPSA) is 12.0 Å². The van der Waals surface area contributed by atoms with Gasteiger partial charge in [-0.2, -0.15) is 13.2 Å². The first-order valence-electron chi connectivity index (χ1n) is 4.31. The van der Waals surface area contributed by atoms with Crippen LogP contribution in [0.5, 0.6) is 0 Å². The lowest BCUT2D eigenvalue weighted by atomic mass is 9.87. The smallest absolute Gasteiger partial charge is 0.389 e. The molecule has 0 aromatic rings. The van der Waals surface area contributed by atoms with Gasteiger partial charge in [0, 0.05) is 18.9 Å². The summed E-state index contributed by atoms with van der Waals surface area (Å²) >= 11 is 0. The normalized spacial score (nSPS) is 17.0. The highest BCUT2D eigenvalue weighted by atomic mass is 19.4. The van der Waals surface area contributed by atoms with Gasteiger partial charge in [0.2, 0.25) is 0 Å². The van der Waals surface area contributed by atoms with Crippen LogP contribution in [0.3, 0.4) is 0 Å². The number of nitrogens with one attached hydrogen (secondary N) is 1. The molecule has 1 N–H and O–H groups in total. The van der Waals surface area contributed by atoms with Crippen LogP contribution in [0, 0.1) is 5.41 Å². The highest BCUT2D eigenvalue weighted by molar-refractivity contribution is 4.96. The maximum Gasteiger partial charge on any atom is 0.389 e. The molecule has 1 atom stereocenters. The zero-order valence-electron chi connectivity index (χ0n) is 8.29. The van der Waals surface area contributed by atoms with E-state index < -0.39 is 24.7 Å². The van der Waals surface area contributed by atoms with Gasteiger partial charge in [0.05, 0.1) is 6.67 Å². The molecule has 0 heterocycles. The zero-order chi connectivity index (χ0) is 11.2. The van der Waals surface area contributed by atoms with E-state index in [1.807, 2.05) is 0 Å². The predicted octanol–water partition coefficient (Wildman–Crippen LogP) is 3.04. The quantitative estimate of drug-likeness (QED) is 0.692. The summed E-state index contributed by atoms with van der Waals surface area (Å²) in [6.45, 7) is 0.674. The minimum atomic E-state index is -4.22. The van der Waals surface area contributed by atoms with Crippen LogP contribution in [0.1, 0.15) is 19.8 Å². The van der Waals surface area contributed by atoms with E-state index >= 15 is 0 Å². The van der Waals surface area contributed by atoms with Gasteiger partial charge in [-0.1, -0.05) is 13.0 Å². The molecular weight excluding hydrogens is 198 g/mol. The highest BCUT2D eigenvalue weighted by Gasteiger charge is 2.32. The largest absolute Gasteiger partial charge is 0.394 e. The zero-order valence-corrected chi connectivity index (χ0v) is 8.29. The Kier molecular flexibility index (Phi) is 4.94. The first-order valence-corrected chi connectivity index (χ1v) is 4.31. The van der Waals surface area contributed by atoms with Crippen LogP contribution < -0.4 is 5.32 Å². The molecule has 0 bridgehead atoms. The molecule has 0 saturated heterocycles. The summed E-state index contributed by atoms with van der Waals surface area (Å²) in [5.74, 6) is 0. The lowest BCUT2D eigenvalue weighted by molar-refractivity contribution is -0.139. The van der Waals surface area contributed by atoms with Crippen molar-refractivity contribution in [3.63, 3.8) is 0 Å². The van der Waals surface area contributed by atoms with Crippen LogP contribution >= 0.6 is 0 Å². The maximum absolute atomic E-state index is 12.5. The summed E-state index contributed by atoms with van der Waals surface area (Å²) in [4.78, 5) is 0. The Labute approximate surface area is 81.2 Å². The van der Waals surface area contributed by atoms with Gasteiger partial charge in [-0.15, -0.1) is 0 Å². The number of rotatable bonds is 5. The Morgan fingerprint density at radius 1 is 1.21 bits per heavy atom. The molecule has 0 radical (unpaired) electrons.